The van der Waals surface area contributed by atoms with Gasteiger partial charge in [-0.25, -0.2) is 0 Å². The van der Waals surface area contributed by atoms with E-state index in [1.54, 1.807) is 0 Å². The molecule has 0 fully saturated rings. The normalized spacial score (nSPS) is 10.5. The Labute approximate surface area is 103 Å². The van der Waals surface area contributed by atoms with Gasteiger partial charge in [0.1, 0.15) is 0 Å². The van der Waals surface area contributed by atoms with E-state index in [9.17, 15) is 0 Å². The highest BCUT2D eigenvalue weighted by Gasteiger charge is 1.98. The van der Waals surface area contributed by atoms with E-state index in [0.717, 1.165) is 13.1 Å². The third kappa shape index (κ3) is 3.43. The van der Waals surface area contributed by atoms with Gasteiger partial charge in [0.05, 0.1) is 0 Å². The molecule has 2 aromatic carbocycles. The molecular weight excluding hydrogens is 206 g/mol. The molecule has 1 heteroatoms. The molecule has 2 aromatic rings. The summed E-state index contributed by atoms with van der Waals surface area (Å²) in [7, 11) is 0. The molecule has 0 aliphatic rings. The predicted octanol–water partition coefficient (Wildman–Crippen LogP) is 3.59. The minimum atomic E-state index is 0.925. The Morgan fingerprint density at radius 3 is 2.41 bits per heavy atom. The largest absolute Gasteiger partial charge is 0.309 e. The Bertz CT molecular complexity index is 474. The van der Waals surface area contributed by atoms with Crippen molar-refractivity contribution in [2.75, 3.05) is 0 Å². The number of hydrogen-bond acceptors (Lipinski definition) is 1. The summed E-state index contributed by atoms with van der Waals surface area (Å²) in [6.45, 7) is 6.16. The van der Waals surface area contributed by atoms with Gasteiger partial charge >= 0.3 is 0 Å². The quantitative estimate of drug-likeness (QED) is 0.838. The zero-order valence-electron chi connectivity index (χ0n) is 10.5. The number of nitrogens with one attached hydrogen (secondary N) is 1. The molecule has 0 aliphatic carbocycles. The fourth-order valence-corrected chi connectivity index (χ4v) is 1.93. The molecule has 2 rings (SSSR count). The van der Waals surface area contributed by atoms with Crippen molar-refractivity contribution in [3.05, 3.63) is 70.8 Å². The third-order valence-electron chi connectivity index (χ3n) is 2.99. The fraction of sp³-hybridized carbons (Fsp3) is 0.250. The maximum atomic E-state index is 3.49. The lowest BCUT2D eigenvalue weighted by Gasteiger charge is -2.09. The summed E-state index contributed by atoms with van der Waals surface area (Å²) in [4.78, 5) is 0. The molecule has 1 nitrogen and oxygen atoms in total. The maximum Gasteiger partial charge on any atom is 0.0211 e. The van der Waals surface area contributed by atoms with Crippen molar-refractivity contribution in [3.63, 3.8) is 0 Å². The highest BCUT2D eigenvalue weighted by molar-refractivity contribution is 5.30. The van der Waals surface area contributed by atoms with E-state index in [4.69, 9.17) is 0 Å². The number of aryl methyl sites for hydroxylation is 2. The molecule has 0 unspecified atom stereocenters. The lowest BCUT2D eigenvalue weighted by Crippen LogP contribution is -2.13. The van der Waals surface area contributed by atoms with Crippen LogP contribution >= 0.6 is 0 Å². The molecule has 0 radical (unpaired) electrons. The van der Waals surface area contributed by atoms with Crippen molar-refractivity contribution in [3.8, 4) is 0 Å². The van der Waals surface area contributed by atoms with E-state index in [0.29, 0.717) is 0 Å². The van der Waals surface area contributed by atoms with E-state index < -0.39 is 0 Å². The SMILES string of the molecule is Cc1ccc(C)c(CNCc2ccccc2)c1. The second-order valence-electron chi connectivity index (χ2n) is 4.52. The van der Waals surface area contributed by atoms with Crippen LogP contribution in [0.15, 0.2) is 48.5 Å². The first-order valence-electron chi connectivity index (χ1n) is 6.06. The third-order valence-corrected chi connectivity index (χ3v) is 2.99. The molecule has 0 saturated heterocycles. The van der Waals surface area contributed by atoms with Crippen LogP contribution in [0.1, 0.15) is 22.3 Å². The Hall–Kier alpha value is -1.60. The van der Waals surface area contributed by atoms with Crippen LogP contribution in [-0.2, 0) is 13.1 Å². The number of benzene rings is 2. The molecular formula is C16H19N. The molecule has 0 atom stereocenters. The van der Waals surface area contributed by atoms with Crippen molar-refractivity contribution < 1.29 is 0 Å². The minimum absolute atomic E-state index is 0.925. The standard InChI is InChI=1S/C16H19N/c1-13-8-9-14(2)16(10-13)12-17-11-15-6-4-3-5-7-15/h3-10,17H,11-12H2,1-2H3. The number of hydrogen-bond donors (Lipinski definition) is 1. The molecule has 17 heavy (non-hydrogen) atoms. The highest BCUT2D eigenvalue weighted by Crippen LogP contribution is 2.10. The van der Waals surface area contributed by atoms with Crippen LogP contribution in [0.4, 0.5) is 0 Å². The van der Waals surface area contributed by atoms with Gasteiger partial charge in [-0.3, -0.25) is 0 Å². The van der Waals surface area contributed by atoms with Crippen LogP contribution in [-0.4, -0.2) is 0 Å². The Morgan fingerprint density at radius 1 is 0.882 bits per heavy atom. The van der Waals surface area contributed by atoms with Crippen LogP contribution in [0.5, 0.6) is 0 Å². The summed E-state index contributed by atoms with van der Waals surface area (Å²) in [6, 6.07) is 17.1. The van der Waals surface area contributed by atoms with Gasteiger partial charge in [0.2, 0.25) is 0 Å². The summed E-state index contributed by atoms with van der Waals surface area (Å²) in [5.41, 5.74) is 5.40. The average molecular weight is 225 g/mol. The molecule has 0 amide bonds. The Morgan fingerprint density at radius 2 is 1.65 bits per heavy atom. The average Bonchev–Trinajstić information content (AvgIpc) is 2.35. The van der Waals surface area contributed by atoms with Crippen LogP contribution in [0.2, 0.25) is 0 Å². The Balaban J connectivity index is 1.92. The molecule has 0 spiro atoms. The molecule has 0 heterocycles. The van der Waals surface area contributed by atoms with E-state index in [1.807, 2.05) is 6.07 Å². The summed E-state index contributed by atoms with van der Waals surface area (Å²) in [5.74, 6) is 0. The highest BCUT2D eigenvalue weighted by atomic mass is 14.8. The molecule has 0 saturated carbocycles. The number of rotatable bonds is 4. The van der Waals surface area contributed by atoms with Gasteiger partial charge in [-0.15, -0.1) is 0 Å². The maximum absolute atomic E-state index is 3.49. The van der Waals surface area contributed by atoms with Gasteiger partial charge in [-0.05, 0) is 30.5 Å². The second kappa shape index (κ2) is 5.65. The van der Waals surface area contributed by atoms with Gasteiger partial charge in [-0.1, -0.05) is 54.1 Å². The molecule has 1 N–H and O–H groups in total. The first-order chi connectivity index (χ1) is 8.25. The van der Waals surface area contributed by atoms with Gasteiger partial charge in [0.25, 0.3) is 0 Å². The minimum Gasteiger partial charge on any atom is -0.309 e. The lowest BCUT2D eigenvalue weighted by molar-refractivity contribution is 0.690. The van der Waals surface area contributed by atoms with Gasteiger partial charge in [0.15, 0.2) is 0 Å². The van der Waals surface area contributed by atoms with Gasteiger partial charge in [0, 0.05) is 13.1 Å². The summed E-state index contributed by atoms with van der Waals surface area (Å²) in [5, 5.41) is 3.49. The van der Waals surface area contributed by atoms with E-state index in [1.165, 1.54) is 22.3 Å². The lowest BCUT2D eigenvalue weighted by atomic mass is 10.1. The van der Waals surface area contributed by atoms with Gasteiger partial charge < -0.3 is 5.32 Å². The second-order valence-corrected chi connectivity index (χ2v) is 4.52. The topological polar surface area (TPSA) is 12.0 Å². The van der Waals surface area contributed by atoms with E-state index in [2.05, 4.69) is 61.6 Å². The zero-order valence-corrected chi connectivity index (χ0v) is 10.5. The van der Waals surface area contributed by atoms with Crippen molar-refractivity contribution in [2.45, 2.75) is 26.9 Å². The van der Waals surface area contributed by atoms with E-state index >= 15 is 0 Å². The van der Waals surface area contributed by atoms with Crippen molar-refractivity contribution in [2.24, 2.45) is 0 Å². The monoisotopic (exact) mass is 225 g/mol. The smallest absolute Gasteiger partial charge is 0.0211 e. The molecule has 0 aliphatic heterocycles. The molecule has 88 valence electrons. The van der Waals surface area contributed by atoms with Crippen LogP contribution in [0.25, 0.3) is 0 Å². The molecule has 0 aromatic heterocycles. The summed E-state index contributed by atoms with van der Waals surface area (Å²) in [6.07, 6.45) is 0. The fourth-order valence-electron chi connectivity index (χ4n) is 1.93. The van der Waals surface area contributed by atoms with Gasteiger partial charge in [-0.2, -0.15) is 0 Å². The summed E-state index contributed by atoms with van der Waals surface area (Å²) < 4.78 is 0. The van der Waals surface area contributed by atoms with Crippen LogP contribution in [0, 0.1) is 13.8 Å². The van der Waals surface area contributed by atoms with Crippen molar-refractivity contribution in [1.82, 2.24) is 5.32 Å². The first-order valence-corrected chi connectivity index (χ1v) is 6.06. The molecule has 0 bridgehead atoms. The van der Waals surface area contributed by atoms with Crippen LogP contribution < -0.4 is 5.32 Å². The van der Waals surface area contributed by atoms with Crippen molar-refractivity contribution >= 4 is 0 Å². The van der Waals surface area contributed by atoms with Crippen molar-refractivity contribution in [1.29, 1.82) is 0 Å². The van der Waals surface area contributed by atoms with Crippen LogP contribution in [0.3, 0.4) is 0 Å². The Kier molecular flexibility index (Phi) is 3.94. The van der Waals surface area contributed by atoms with E-state index in [-0.39, 0.29) is 0 Å². The first kappa shape index (κ1) is 11.9. The summed E-state index contributed by atoms with van der Waals surface area (Å²) >= 11 is 0. The zero-order chi connectivity index (χ0) is 12.1. The predicted molar refractivity (Wildman–Crippen MR) is 72.9 cm³/mol.